The summed E-state index contributed by atoms with van der Waals surface area (Å²) in [7, 11) is 1.36. The number of ether oxygens (including phenoxy) is 2. The average molecular weight is 246 g/mol. The van der Waals surface area contributed by atoms with Crippen molar-refractivity contribution in [3.63, 3.8) is 0 Å². The quantitative estimate of drug-likeness (QED) is 0.867. The molecule has 0 aromatic heterocycles. The second-order valence-electron chi connectivity index (χ2n) is 3.38. The summed E-state index contributed by atoms with van der Waals surface area (Å²) in [6.07, 6.45) is 0. The summed E-state index contributed by atoms with van der Waals surface area (Å²) in [6, 6.07) is 3.99. The Balaban J connectivity index is 3.08. The van der Waals surface area contributed by atoms with Crippen LogP contribution in [0.3, 0.4) is 0 Å². The fraction of sp³-hybridized carbons (Fsp3) is 0.364. The minimum absolute atomic E-state index is 0.123. The van der Waals surface area contributed by atoms with Crippen LogP contribution < -0.4 is 9.47 Å². The molecular weight excluding hydrogens is 234 g/mol. The second-order valence-corrected chi connectivity index (χ2v) is 3.38. The molecular formula is C11H12F2O4. The molecule has 0 bridgehead atoms. The van der Waals surface area contributed by atoms with Gasteiger partial charge in [-0.1, -0.05) is 0 Å². The van der Waals surface area contributed by atoms with Crippen LogP contribution >= 0.6 is 0 Å². The van der Waals surface area contributed by atoms with Crippen LogP contribution in [0.1, 0.15) is 18.4 Å². The Morgan fingerprint density at radius 3 is 2.35 bits per heavy atom. The molecule has 1 aromatic carbocycles. The molecule has 4 nitrogen and oxygen atoms in total. The lowest BCUT2D eigenvalue weighted by Crippen LogP contribution is -2.09. The fourth-order valence-electron chi connectivity index (χ4n) is 1.28. The van der Waals surface area contributed by atoms with E-state index in [9.17, 15) is 13.6 Å². The Morgan fingerprint density at radius 1 is 1.29 bits per heavy atom. The zero-order chi connectivity index (χ0) is 13.0. The summed E-state index contributed by atoms with van der Waals surface area (Å²) in [6.45, 7) is -1.52. The second kappa shape index (κ2) is 5.47. The van der Waals surface area contributed by atoms with Crippen molar-refractivity contribution in [2.75, 3.05) is 7.11 Å². The zero-order valence-electron chi connectivity index (χ0n) is 9.31. The molecule has 0 radical (unpaired) electrons. The van der Waals surface area contributed by atoms with Crippen molar-refractivity contribution in [1.82, 2.24) is 0 Å². The Morgan fingerprint density at radius 2 is 1.88 bits per heavy atom. The molecule has 0 heterocycles. The van der Waals surface area contributed by atoms with Crippen LogP contribution in [0.4, 0.5) is 8.78 Å². The predicted octanol–water partition coefficient (Wildman–Crippen LogP) is 2.48. The van der Waals surface area contributed by atoms with E-state index in [-0.39, 0.29) is 11.5 Å². The van der Waals surface area contributed by atoms with E-state index in [1.807, 2.05) is 0 Å². The van der Waals surface area contributed by atoms with Gasteiger partial charge in [0.15, 0.2) is 0 Å². The average Bonchev–Trinajstić information content (AvgIpc) is 2.26. The van der Waals surface area contributed by atoms with Crippen molar-refractivity contribution in [2.24, 2.45) is 0 Å². The highest BCUT2D eigenvalue weighted by Crippen LogP contribution is 2.28. The first-order chi connectivity index (χ1) is 7.93. The van der Waals surface area contributed by atoms with Gasteiger partial charge in [0.25, 0.3) is 0 Å². The van der Waals surface area contributed by atoms with Gasteiger partial charge in [-0.05, 0) is 24.6 Å². The highest BCUT2D eigenvalue weighted by atomic mass is 19.3. The number of carboxylic acids is 1. The molecule has 1 unspecified atom stereocenters. The largest absolute Gasteiger partial charge is 0.497 e. The molecule has 0 aliphatic carbocycles. The molecule has 0 aliphatic heterocycles. The number of hydrogen-bond acceptors (Lipinski definition) is 3. The molecule has 94 valence electrons. The molecule has 1 aromatic rings. The molecule has 17 heavy (non-hydrogen) atoms. The topological polar surface area (TPSA) is 55.8 Å². The maximum absolute atomic E-state index is 12.1. The van der Waals surface area contributed by atoms with Gasteiger partial charge >= 0.3 is 12.6 Å². The van der Waals surface area contributed by atoms with E-state index < -0.39 is 18.5 Å². The van der Waals surface area contributed by atoms with Crippen LogP contribution in [0.15, 0.2) is 18.2 Å². The highest BCUT2D eigenvalue weighted by Gasteiger charge is 2.17. The third kappa shape index (κ3) is 3.58. The van der Waals surface area contributed by atoms with Gasteiger partial charge in [0.05, 0.1) is 13.0 Å². The summed E-state index contributed by atoms with van der Waals surface area (Å²) in [5.41, 5.74) is 0.340. The number of benzene rings is 1. The maximum atomic E-state index is 12.1. The van der Waals surface area contributed by atoms with Gasteiger partial charge in [-0.3, -0.25) is 4.79 Å². The number of carbonyl (C=O) groups is 1. The van der Waals surface area contributed by atoms with Gasteiger partial charge in [-0.25, -0.2) is 0 Å². The van der Waals surface area contributed by atoms with E-state index in [0.29, 0.717) is 5.56 Å². The number of aliphatic carboxylic acids is 1. The first-order valence-electron chi connectivity index (χ1n) is 4.80. The zero-order valence-corrected chi connectivity index (χ0v) is 9.31. The van der Waals surface area contributed by atoms with Crippen molar-refractivity contribution < 1.29 is 28.2 Å². The lowest BCUT2D eigenvalue weighted by atomic mass is 10.0. The van der Waals surface area contributed by atoms with Crippen molar-refractivity contribution in [2.45, 2.75) is 19.5 Å². The summed E-state index contributed by atoms with van der Waals surface area (Å²) in [4.78, 5) is 10.8. The minimum Gasteiger partial charge on any atom is -0.497 e. The van der Waals surface area contributed by atoms with Crippen LogP contribution in [-0.4, -0.2) is 24.8 Å². The first-order valence-corrected chi connectivity index (χ1v) is 4.80. The molecule has 0 spiro atoms. The number of alkyl halides is 2. The number of halogens is 2. The standard InChI is InChI=1S/C11H12F2O4/c1-6(10(14)15)7-3-8(16-2)5-9(4-7)17-11(12)13/h3-6,11H,1-2H3,(H,14,15). The van der Waals surface area contributed by atoms with Crippen LogP contribution in [-0.2, 0) is 4.79 Å². The van der Waals surface area contributed by atoms with Gasteiger partial charge in [-0.15, -0.1) is 0 Å². The highest BCUT2D eigenvalue weighted by molar-refractivity contribution is 5.76. The lowest BCUT2D eigenvalue weighted by Gasteiger charge is -2.12. The van der Waals surface area contributed by atoms with E-state index in [4.69, 9.17) is 9.84 Å². The van der Waals surface area contributed by atoms with Gasteiger partial charge in [0.2, 0.25) is 0 Å². The molecule has 1 atom stereocenters. The van der Waals surface area contributed by atoms with E-state index in [1.165, 1.54) is 32.2 Å². The third-order valence-corrected chi connectivity index (χ3v) is 2.23. The normalized spacial score (nSPS) is 12.3. The number of rotatable bonds is 5. The van der Waals surface area contributed by atoms with Gasteiger partial charge in [0, 0.05) is 6.07 Å². The fourth-order valence-corrected chi connectivity index (χ4v) is 1.28. The first kappa shape index (κ1) is 13.2. The summed E-state index contributed by atoms with van der Waals surface area (Å²) in [5, 5.41) is 8.84. The predicted molar refractivity (Wildman–Crippen MR) is 55.7 cm³/mol. The van der Waals surface area contributed by atoms with Crippen LogP contribution in [0, 0.1) is 0 Å². The van der Waals surface area contributed by atoms with Gasteiger partial charge < -0.3 is 14.6 Å². The van der Waals surface area contributed by atoms with Crippen molar-refractivity contribution >= 4 is 5.97 Å². The molecule has 0 amide bonds. The van der Waals surface area contributed by atoms with Crippen LogP contribution in [0.25, 0.3) is 0 Å². The van der Waals surface area contributed by atoms with Crippen LogP contribution in [0.2, 0.25) is 0 Å². The molecule has 0 saturated carbocycles. The molecule has 0 aliphatic rings. The van der Waals surface area contributed by atoms with E-state index >= 15 is 0 Å². The van der Waals surface area contributed by atoms with E-state index in [1.54, 1.807) is 0 Å². The SMILES string of the molecule is COc1cc(OC(F)F)cc(C(C)C(=O)O)c1. The van der Waals surface area contributed by atoms with E-state index in [2.05, 4.69) is 4.74 Å². The minimum atomic E-state index is -2.96. The Kier molecular flexibility index (Phi) is 4.25. The van der Waals surface area contributed by atoms with Gasteiger partial charge in [-0.2, -0.15) is 8.78 Å². The van der Waals surface area contributed by atoms with Crippen molar-refractivity contribution in [3.05, 3.63) is 23.8 Å². The Hall–Kier alpha value is -1.85. The summed E-state index contributed by atoms with van der Waals surface area (Å²) in [5.74, 6) is -1.74. The Labute approximate surface area is 96.8 Å². The third-order valence-electron chi connectivity index (χ3n) is 2.23. The Bertz CT molecular complexity index is 406. The van der Waals surface area contributed by atoms with Gasteiger partial charge in [0.1, 0.15) is 11.5 Å². The van der Waals surface area contributed by atoms with E-state index in [0.717, 1.165) is 0 Å². The van der Waals surface area contributed by atoms with Crippen LogP contribution in [0.5, 0.6) is 11.5 Å². The molecule has 1 rings (SSSR count). The smallest absolute Gasteiger partial charge is 0.387 e. The number of carboxylic acid groups (broad SMARTS) is 1. The summed E-state index contributed by atoms with van der Waals surface area (Å²) < 4.78 is 33.2. The van der Waals surface area contributed by atoms with Crippen molar-refractivity contribution in [3.8, 4) is 11.5 Å². The molecule has 0 fully saturated rings. The number of methoxy groups -OCH3 is 1. The number of hydrogen-bond donors (Lipinski definition) is 1. The molecule has 0 saturated heterocycles. The van der Waals surface area contributed by atoms with Crippen molar-refractivity contribution in [1.29, 1.82) is 0 Å². The molecule has 1 N–H and O–H groups in total. The summed E-state index contributed by atoms with van der Waals surface area (Å²) >= 11 is 0. The lowest BCUT2D eigenvalue weighted by molar-refractivity contribution is -0.138. The molecule has 6 heteroatoms. The monoisotopic (exact) mass is 246 g/mol. The maximum Gasteiger partial charge on any atom is 0.387 e.